The monoisotopic (exact) mass is 302 g/mol. The predicted octanol–water partition coefficient (Wildman–Crippen LogP) is 3.98. The van der Waals surface area contributed by atoms with Crippen LogP contribution in [-0.2, 0) is 12.8 Å². The summed E-state index contributed by atoms with van der Waals surface area (Å²) in [6.45, 7) is 2.75. The van der Waals surface area contributed by atoms with E-state index < -0.39 is 6.10 Å². The van der Waals surface area contributed by atoms with Crippen molar-refractivity contribution in [3.63, 3.8) is 0 Å². The maximum Gasteiger partial charge on any atom is 0.126 e. The number of hydrogen-bond donors (Lipinski definition) is 1. The second-order valence-electron chi connectivity index (χ2n) is 5.62. The minimum atomic E-state index is -0.459. The quantitative estimate of drug-likeness (QED) is 0.925. The molecule has 0 amide bonds. The van der Waals surface area contributed by atoms with E-state index >= 15 is 0 Å². The van der Waals surface area contributed by atoms with E-state index in [0.717, 1.165) is 28.9 Å². The number of aliphatic hydroxyl groups excluding tert-OH is 1. The molecule has 2 unspecified atom stereocenters. The van der Waals surface area contributed by atoms with Gasteiger partial charge in [0.2, 0.25) is 0 Å². The molecule has 0 aliphatic carbocycles. The van der Waals surface area contributed by atoms with Crippen molar-refractivity contribution >= 4 is 11.6 Å². The van der Waals surface area contributed by atoms with Crippen molar-refractivity contribution in [2.45, 2.75) is 31.8 Å². The molecule has 0 radical (unpaired) electrons. The fourth-order valence-corrected chi connectivity index (χ4v) is 3.14. The van der Waals surface area contributed by atoms with Crippen LogP contribution in [0.2, 0.25) is 5.02 Å². The van der Waals surface area contributed by atoms with Gasteiger partial charge in [0.1, 0.15) is 5.75 Å². The van der Waals surface area contributed by atoms with E-state index in [1.807, 2.05) is 49.4 Å². The van der Waals surface area contributed by atoms with Crippen molar-refractivity contribution in [2.24, 2.45) is 0 Å². The van der Waals surface area contributed by atoms with Crippen LogP contribution in [0.5, 0.6) is 5.75 Å². The molecule has 1 aliphatic heterocycles. The smallest absolute Gasteiger partial charge is 0.126 e. The molecule has 2 nitrogen and oxygen atoms in total. The lowest BCUT2D eigenvalue weighted by molar-refractivity contribution is 0.148. The molecule has 2 aromatic rings. The maximum atomic E-state index is 10.5. The highest BCUT2D eigenvalue weighted by atomic mass is 35.5. The van der Waals surface area contributed by atoms with Gasteiger partial charge in [-0.1, -0.05) is 48.9 Å². The van der Waals surface area contributed by atoms with Gasteiger partial charge in [-0.3, -0.25) is 0 Å². The fraction of sp³-hybridized carbons (Fsp3) is 0.333. The number of hydrogen-bond acceptors (Lipinski definition) is 2. The van der Waals surface area contributed by atoms with Crippen LogP contribution in [0.25, 0.3) is 0 Å². The molecule has 0 aromatic heterocycles. The van der Waals surface area contributed by atoms with Crippen LogP contribution in [0, 0.1) is 0 Å². The van der Waals surface area contributed by atoms with Gasteiger partial charge in [-0.05, 0) is 28.8 Å². The van der Waals surface area contributed by atoms with E-state index in [4.69, 9.17) is 16.3 Å². The van der Waals surface area contributed by atoms with Crippen molar-refractivity contribution in [3.8, 4) is 5.75 Å². The van der Waals surface area contributed by atoms with Crippen molar-refractivity contribution in [1.82, 2.24) is 0 Å². The first-order valence-corrected chi connectivity index (χ1v) is 7.70. The average Bonchev–Trinajstić information content (AvgIpc) is 2.95. The Morgan fingerprint density at radius 2 is 2.00 bits per heavy atom. The lowest BCUT2D eigenvalue weighted by Gasteiger charge is -2.20. The summed E-state index contributed by atoms with van der Waals surface area (Å²) in [6, 6.07) is 13.9. The topological polar surface area (TPSA) is 29.5 Å². The zero-order chi connectivity index (χ0) is 14.8. The molecule has 21 heavy (non-hydrogen) atoms. The molecule has 3 rings (SSSR count). The second-order valence-corrected chi connectivity index (χ2v) is 6.06. The van der Waals surface area contributed by atoms with E-state index in [-0.39, 0.29) is 5.92 Å². The summed E-state index contributed by atoms with van der Waals surface area (Å²) in [6.07, 6.45) is 0.991. The van der Waals surface area contributed by atoms with Crippen LogP contribution >= 0.6 is 11.6 Å². The average molecular weight is 303 g/mol. The molecular formula is C18H19ClO2. The zero-order valence-electron chi connectivity index (χ0n) is 12.1. The van der Waals surface area contributed by atoms with Crippen LogP contribution in [0.15, 0.2) is 42.5 Å². The first-order chi connectivity index (χ1) is 10.1. The summed E-state index contributed by atoms with van der Waals surface area (Å²) in [5.41, 5.74) is 3.30. The minimum Gasteiger partial charge on any atom is -0.493 e. The predicted molar refractivity (Wildman–Crippen MR) is 85.2 cm³/mol. The molecule has 0 saturated carbocycles. The van der Waals surface area contributed by atoms with E-state index in [1.54, 1.807) is 0 Å². The summed E-state index contributed by atoms with van der Waals surface area (Å²) in [7, 11) is 0. The summed E-state index contributed by atoms with van der Waals surface area (Å²) in [5.74, 6) is 0.987. The van der Waals surface area contributed by atoms with Crippen molar-refractivity contribution in [3.05, 3.63) is 64.2 Å². The summed E-state index contributed by atoms with van der Waals surface area (Å²) in [5, 5.41) is 11.3. The molecule has 2 aromatic carbocycles. The number of aliphatic hydroxyl groups is 1. The fourth-order valence-electron chi connectivity index (χ4n) is 2.88. The Morgan fingerprint density at radius 3 is 2.76 bits per heavy atom. The molecule has 1 heterocycles. The van der Waals surface area contributed by atoms with Gasteiger partial charge in [0.15, 0.2) is 0 Å². The van der Waals surface area contributed by atoms with Gasteiger partial charge in [0.05, 0.1) is 12.7 Å². The van der Waals surface area contributed by atoms with Gasteiger partial charge in [0.25, 0.3) is 0 Å². The number of rotatable bonds is 4. The molecular weight excluding hydrogens is 284 g/mol. The number of halogens is 1. The highest BCUT2D eigenvalue weighted by Gasteiger charge is 2.22. The van der Waals surface area contributed by atoms with E-state index in [2.05, 4.69) is 0 Å². The Bertz CT molecular complexity index is 625. The standard InChI is InChI=1S/C18H19ClO2/c1-12(13-5-3-2-4-6-13)17(20)11-15-10-16(19)9-14-7-8-21-18(14)15/h2-6,9-10,12,17,20H,7-8,11H2,1H3. The van der Waals surface area contributed by atoms with Gasteiger partial charge in [-0.25, -0.2) is 0 Å². The zero-order valence-corrected chi connectivity index (χ0v) is 12.8. The van der Waals surface area contributed by atoms with Crippen molar-refractivity contribution in [2.75, 3.05) is 6.61 Å². The Hall–Kier alpha value is -1.51. The highest BCUT2D eigenvalue weighted by Crippen LogP contribution is 2.35. The van der Waals surface area contributed by atoms with Crippen molar-refractivity contribution < 1.29 is 9.84 Å². The molecule has 1 N–H and O–H groups in total. The Labute approximate surface area is 130 Å². The first kappa shape index (κ1) is 14.4. The first-order valence-electron chi connectivity index (χ1n) is 7.32. The molecule has 0 spiro atoms. The number of fused-ring (bicyclic) bond motifs is 1. The van der Waals surface area contributed by atoms with Gasteiger partial charge in [0, 0.05) is 23.8 Å². The summed E-state index contributed by atoms with van der Waals surface area (Å²) in [4.78, 5) is 0. The second kappa shape index (κ2) is 6.08. The number of benzene rings is 2. The third-order valence-corrected chi connectivity index (χ3v) is 4.38. The van der Waals surface area contributed by atoms with Crippen LogP contribution < -0.4 is 4.74 Å². The molecule has 2 atom stereocenters. The SMILES string of the molecule is CC(c1ccccc1)C(O)Cc1cc(Cl)cc2c1OCC2. The third kappa shape index (κ3) is 3.07. The Balaban J connectivity index is 1.81. The Kier molecular flexibility index (Phi) is 4.18. The largest absolute Gasteiger partial charge is 0.493 e. The van der Waals surface area contributed by atoms with Crippen LogP contribution in [0.1, 0.15) is 29.5 Å². The van der Waals surface area contributed by atoms with Gasteiger partial charge >= 0.3 is 0 Å². The van der Waals surface area contributed by atoms with Gasteiger partial charge < -0.3 is 9.84 Å². The summed E-state index contributed by atoms with van der Waals surface area (Å²) >= 11 is 6.17. The number of ether oxygens (including phenoxy) is 1. The van der Waals surface area contributed by atoms with E-state index in [9.17, 15) is 5.11 Å². The molecule has 3 heteroatoms. The minimum absolute atomic E-state index is 0.0715. The van der Waals surface area contributed by atoms with Gasteiger partial charge in [-0.15, -0.1) is 0 Å². The normalized spacial score (nSPS) is 16.1. The van der Waals surface area contributed by atoms with Crippen LogP contribution in [-0.4, -0.2) is 17.8 Å². The highest BCUT2D eigenvalue weighted by molar-refractivity contribution is 6.30. The van der Waals surface area contributed by atoms with Crippen LogP contribution in [0.4, 0.5) is 0 Å². The molecule has 110 valence electrons. The Morgan fingerprint density at radius 1 is 1.24 bits per heavy atom. The lowest BCUT2D eigenvalue weighted by atomic mass is 9.90. The van der Waals surface area contributed by atoms with Crippen LogP contribution in [0.3, 0.4) is 0 Å². The molecule has 0 fully saturated rings. The molecule has 1 aliphatic rings. The van der Waals surface area contributed by atoms with Gasteiger partial charge in [-0.2, -0.15) is 0 Å². The third-order valence-electron chi connectivity index (χ3n) is 4.16. The van der Waals surface area contributed by atoms with E-state index in [1.165, 1.54) is 0 Å². The maximum absolute atomic E-state index is 10.5. The summed E-state index contributed by atoms with van der Waals surface area (Å²) < 4.78 is 5.70. The lowest BCUT2D eigenvalue weighted by Crippen LogP contribution is -2.19. The van der Waals surface area contributed by atoms with Crippen molar-refractivity contribution in [1.29, 1.82) is 0 Å². The molecule has 0 bridgehead atoms. The van der Waals surface area contributed by atoms with E-state index in [0.29, 0.717) is 18.1 Å². The molecule has 0 saturated heterocycles.